The van der Waals surface area contributed by atoms with Gasteiger partial charge in [-0.3, -0.25) is 4.79 Å². The fourth-order valence-corrected chi connectivity index (χ4v) is 2.00. The van der Waals surface area contributed by atoms with Crippen LogP contribution in [0.1, 0.15) is 16.1 Å². The number of imidazole rings is 1. The molecule has 1 heterocycles. The van der Waals surface area contributed by atoms with Gasteiger partial charge in [0.25, 0.3) is 5.91 Å². The molecule has 0 aliphatic rings. The van der Waals surface area contributed by atoms with Crippen molar-refractivity contribution < 1.29 is 4.79 Å². The average molecular weight is 287 g/mol. The molecule has 0 bridgehead atoms. The van der Waals surface area contributed by atoms with E-state index in [1.807, 2.05) is 44.1 Å². The highest BCUT2D eigenvalue weighted by Gasteiger charge is 2.11. The standard InChI is InChI=1S/C15H21N5O/c1-11-8-12(19(2)3)4-5-13(11)18-15(21)14-9-20(7-6-16)10-17-14/h4-5,8-10H,6-7,16H2,1-3H3,(H,18,21). The Morgan fingerprint density at radius 3 is 2.81 bits per heavy atom. The van der Waals surface area contributed by atoms with Crippen molar-refractivity contribution >= 4 is 17.3 Å². The second-order valence-electron chi connectivity index (χ2n) is 5.13. The first kappa shape index (κ1) is 15.1. The third kappa shape index (κ3) is 3.61. The molecule has 3 N–H and O–H groups in total. The number of hydrogen-bond donors (Lipinski definition) is 2. The van der Waals surface area contributed by atoms with Crippen LogP contribution in [0.3, 0.4) is 0 Å². The van der Waals surface area contributed by atoms with Crippen molar-refractivity contribution in [1.82, 2.24) is 9.55 Å². The van der Waals surface area contributed by atoms with Crippen LogP contribution in [-0.4, -0.2) is 36.1 Å². The van der Waals surface area contributed by atoms with Gasteiger partial charge in [-0.15, -0.1) is 0 Å². The molecule has 6 nitrogen and oxygen atoms in total. The predicted octanol–water partition coefficient (Wildman–Crippen LogP) is 1.47. The third-order valence-electron chi connectivity index (χ3n) is 3.23. The summed E-state index contributed by atoms with van der Waals surface area (Å²) in [5.41, 5.74) is 8.76. The number of carbonyl (C=O) groups excluding carboxylic acids is 1. The van der Waals surface area contributed by atoms with Gasteiger partial charge in [0.05, 0.1) is 6.33 Å². The van der Waals surface area contributed by atoms with Gasteiger partial charge in [-0.2, -0.15) is 0 Å². The zero-order chi connectivity index (χ0) is 15.4. The Labute approximate surface area is 124 Å². The zero-order valence-corrected chi connectivity index (χ0v) is 12.6. The molecule has 2 rings (SSSR count). The number of benzene rings is 1. The molecule has 1 amide bonds. The van der Waals surface area contributed by atoms with Gasteiger partial charge in [0.2, 0.25) is 0 Å². The van der Waals surface area contributed by atoms with Crippen molar-refractivity contribution in [1.29, 1.82) is 0 Å². The van der Waals surface area contributed by atoms with Gasteiger partial charge in [0, 0.05) is 44.8 Å². The maximum atomic E-state index is 12.2. The first-order valence-electron chi connectivity index (χ1n) is 6.82. The molecule has 0 aliphatic heterocycles. The van der Waals surface area contributed by atoms with Crippen LogP contribution in [0, 0.1) is 6.92 Å². The first-order valence-corrected chi connectivity index (χ1v) is 6.82. The van der Waals surface area contributed by atoms with Crippen LogP contribution in [0.25, 0.3) is 0 Å². The predicted molar refractivity (Wildman–Crippen MR) is 84.7 cm³/mol. The monoisotopic (exact) mass is 287 g/mol. The van der Waals surface area contributed by atoms with Crippen LogP contribution in [0.2, 0.25) is 0 Å². The van der Waals surface area contributed by atoms with Crippen LogP contribution in [0.5, 0.6) is 0 Å². The fourth-order valence-electron chi connectivity index (χ4n) is 2.00. The first-order chi connectivity index (χ1) is 10.0. The van der Waals surface area contributed by atoms with E-state index >= 15 is 0 Å². The average Bonchev–Trinajstić information content (AvgIpc) is 2.90. The van der Waals surface area contributed by atoms with E-state index in [0.717, 1.165) is 16.9 Å². The molecule has 0 atom stereocenters. The van der Waals surface area contributed by atoms with Gasteiger partial charge in [0.15, 0.2) is 0 Å². The van der Waals surface area contributed by atoms with Crippen molar-refractivity contribution in [2.45, 2.75) is 13.5 Å². The van der Waals surface area contributed by atoms with Crippen molar-refractivity contribution in [3.8, 4) is 0 Å². The quantitative estimate of drug-likeness (QED) is 0.873. The van der Waals surface area contributed by atoms with E-state index in [2.05, 4.69) is 10.3 Å². The summed E-state index contributed by atoms with van der Waals surface area (Å²) < 4.78 is 1.80. The van der Waals surface area contributed by atoms with Crippen LogP contribution in [0.4, 0.5) is 11.4 Å². The smallest absolute Gasteiger partial charge is 0.275 e. The molecule has 2 aromatic rings. The lowest BCUT2D eigenvalue weighted by atomic mass is 10.1. The lowest BCUT2D eigenvalue weighted by molar-refractivity contribution is 0.102. The summed E-state index contributed by atoms with van der Waals surface area (Å²) in [6.07, 6.45) is 3.31. The van der Waals surface area contributed by atoms with E-state index in [1.165, 1.54) is 0 Å². The second-order valence-corrected chi connectivity index (χ2v) is 5.13. The Bertz CT molecular complexity index is 633. The summed E-state index contributed by atoms with van der Waals surface area (Å²) in [4.78, 5) is 18.3. The summed E-state index contributed by atoms with van der Waals surface area (Å²) >= 11 is 0. The minimum absolute atomic E-state index is 0.216. The number of aromatic nitrogens is 2. The molecule has 0 saturated carbocycles. The summed E-state index contributed by atoms with van der Waals surface area (Å²) in [5.74, 6) is -0.216. The molecule has 0 aliphatic carbocycles. The Hall–Kier alpha value is -2.34. The minimum Gasteiger partial charge on any atom is -0.378 e. The molecule has 112 valence electrons. The van der Waals surface area contributed by atoms with Crippen LogP contribution < -0.4 is 16.0 Å². The van der Waals surface area contributed by atoms with Gasteiger partial charge in [-0.1, -0.05) is 0 Å². The minimum atomic E-state index is -0.216. The fraction of sp³-hybridized carbons (Fsp3) is 0.333. The number of nitrogens with two attached hydrogens (primary N) is 1. The van der Waals surface area contributed by atoms with Gasteiger partial charge in [0.1, 0.15) is 5.69 Å². The summed E-state index contributed by atoms with van der Waals surface area (Å²) in [6.45, 7) is 3.13. The maximum absolute atomic E-state index is 12.2. The largest absolute Gasteiger partial charge is 0.378 e. The Morgan fingerprint density at radius 1 is 1.43 bits per heavy atom. The van der Waals surface area contributed by atoms with Gasteiger partial charge < -0.3 is 20.5 Å². The molecule has 0 spiro atoms. The van der Waals surface area contributed by atoms with E-state index in [1.54, 1.807) is 17.1 Å². The molecule has 0 unspecified atom stereocenters. The van der Waals surface area contributed by atoms with E-state index < -0.39 is 0 Å². The van der Waals surface area contributed by atoms with Gasteiger partial charge in [-0.25, -0.2) is 4.98 Å². The Balaban J connectivity index is 2.11. The highest BCUT2D eigenvalue weighted by molar-refractivity contribution is 6.03. The number of hydrogen-bond acceptors (Lipinski definition) is 4. The number of nitrogens with zero attached hydrogens (tertiary/aromatic N) is 3. The molecule has 0 radical (unpaired) electrons. The van der Waals surface area contributed by atoms with Crippen LogP contribution in [-0.2, 0) is 6.54 Å². The zero-order valence-electron chi connectivity index (χ0n) is 12.6. The van der Waals surface area contributed by atoms with Crippen LogP contribution >= 0.6 is 0 Å². The number of aryl methyl sites for hydroxylation is 1. The van der Waals surface area contributed by atoms with E-state index in [4.69, 9.17) is 5.73 Å². The highest BCUT2D eigenvalue weighted by Crippen LogP contribution is 2.21. The second kappa shape index (κ2) is 6.41. The van der Waals surface area contributed by atoms with Crippen molar-refractivity contribution in [3.63, 3.8) is 0 Å². The molecular formula is C15H21N5O. The highest BCUT2D eigenvalue weighted by atomic mass is 16.1. The Morgan fingerprint density at radius 2 is 2.19 bits per heavy atom. The number of rotatable bonds is 5. The van der Waals surface area contributed by atoms with Crippen LogP contribution in [0.15, 0.2) is 30.7 Å². The lowest BCUT2D eigenvalue weighted by Gasteiger charge is -2.15. The summed E-state index contributed by atoms with van der Waals surface area (Å²) in [5, 5.41) is 2.88. The molecule has 1 aromatic heterocycles. The topological polar surface area (TPSA) is 76.2 Å². The summed E-state index contributed by atoms with van der Waals surface area (Å²) in [6, 6.07) is 5.90. The van der Waals surface area contributed by atoms with Gasteiger partial charge >= 0.3 is 0 Å². The molecular weight excluding hydrogens is 266 g/mol. The number of amides is 1. The molecule has 0 fully saturated rings. The molecule has 6 heteroatoms. The van der Waals surface area contributed by atoms with Crippen molar-refractivity contribution in [2.24, 2.45) is 5.73 Å². The molecule has 1 aromatic carbocycles. The number of nitrogens with one attached hydrogen (secondary N) is 1. The SMILES string of the molecule is Cc1cc(N(C)C)ccc1NC(=O)c1cn(CCN)cn1. The van der Waals surface area contributed by atoms with Crippen molar-refractivity contribution in [2.75, 3.05) is 30.9 Å². The van der Waals surface area contributed by atoms with E-state index in [9.17, 15) is 4.79 Å². The molecule has 0 saturated heterocycles. The maximum Gasteiger partial charge on any atom is 0.275 e. The van der Waals surface area contributed by atoms with Crippen molar-refractivity contribution in [3.05, 3.63) is 42.0 Å². The molecule has 21 heavy (non-hydrogen) atoms. The third-order valence-corrected chi connectivity index (χ3v) is 3.23. The number of carbonyl (C=O) groups is 1. The van der Waals surface area contributed by atoms with E-state index in [-0.39, 0.29) is 5.91 Å². The normalized spacial score (nSPS) is 10.5. The Kier molecular flexibility index (Phi) is 4.59. The number of anilines is 2. The van der Waals surface area contributed by atoms with Gasteiger partial charge in [-0.05, 0) is 30.7 Å². The lowest BCUT2D eigenvalue weighted by Crippen LogP contribution is -2.14. The van der Waals surface area contributed by atoms with E-state index in [0.29, 0.717) is 18.8 Å². The summed E-state index contributed by atoms with van der Waals surface area (Å²) in [7, 11) is 3.97.